The summed E-state index contributed by atoms with van der Waals surface area (Å²) in [5.74, 6) is 0. The summed E-state index contributed by atoms with van der Waals surface area (Å²) in [6.07, 6.45) is 1.15. The molecule has 0 unspecified atom stereocenters. The first-order valence-electron chi connectivity index (χ1n) is 3.62. The van der Waals surface area contributed by atoms with Crippen LogP contribution in [0.1, 0.15) is 5.56 Å². The Morgan fingerprint density at radius 1 is 1.54 bits per heavy atom. The third-order valence-electron chi connectivity index (χ3n) is 1.39. The van der Waals surface area contributed by atoms with Crippen molar-refractivity contribution in [3.05, 3.63) is 28.4 Å². The zero-order valence-corrected chi connectivity index (χ0v) is 6.88. The minimum absolute atomic E-state index is 0.527. The van der Waals surface area contributed by atoms with E-state index >= 15 is 0 Å². The lowest BCUT2D eigenvalue weighted by Gasteiger charge is -2.14. The van der Waals surface area contributed by atoms with Crippen LogP contribution >= 0.6 is 0 Å². The van der Waals surface area contributed by atoms with E-state index in [0.717, 1.165) is 6.20 Å². The van der Waals surface area contributed by atoms with E-state index in [9.17, 15) is 17.7 Å². The van der Waals surface area contributed by atoms with Gasteiger partial charge in [-0.15, -0.1) is 0 Å². The van der Waals surface area contributed by atoms with E-state index in [1.54, 1.807) is 6.92 Å². The van der Waals surface area contributed by atoms with Gasteiger partial charge >= 0.3 is 12.7 Å². The van der Waals surface area contributed by atoms with Crippen molar-refractivity contribution in [3.63, 3.8) is 0 Å². The molecule has 0 amide bonds. The fraction of sp³-hybridized carbons (Fsp3) is 0.333. The number of aromatic nitrogens is 2. The average Bonchev–Trinajstić information content (AvgIpc) is 1.94. The lowest BCUT2D eigenvalue weighted by molar-refractivity contribution is 0.441. The van der Waals surface area contributed by atoms with Crippen molar-refractivity contribution in [1.29, 1.82) is 0 Å². The number of aryl methyl sites for hydroxylation is 1. The Kier molecular flexibility index (Phi) is 2.44. The van der Waals surface area contributed by atoms with Crippen LogP contribution in [0.15, 0.2) is 17.2 Å². The predicted octanol–water partition coefficient (Wildman–Crippen LogP) is 0.938. The molecule has 0 fully saturated rings. The molecule has 0 saturated heterocycles. The Hall–Kier alpha value is -1.27. The van der Waals surface area contributed by atoms with Gasteiger partial charge in [0.1, 0.15) is 0 Å². The molecule has 13 heavy (non-hydrogen) atoms. The minimum Gasteiger partial charge on any atom is -0.448 e. The van der Waals surface area contributed by atoms with E-state index in [-0.39, 0.29) is 0 Å². The monoisotopic (exact) mass is 191 g/mol. The first kappa shape index (κ1) is 9.82. The molecule has 1 aromatic heterocycles. The Balaban J connectivity index is 3.01. The zero-order valence-electron chi connectivity index (χ0n) is 6.88. The first-order chi connectivity index (χ1) is 5.88. The molecule has 0 saturated carbocycles. The van der Waals surface area contributed by atoms with Crippen LogP contribution in [0.2, 0.25) is 0 Å². The molecule has 0 aliphatic carbocycles. The van der Waals surface area contributed by atoms with Gasteiger partial charge in [0.25, 0.3) is 0 Å². The Bertz CT molecular complexity index is 360. The predicted molar refractivity (Wildman–Crippen MR) is 42.3 cm³/mol. The molecule has 0 aliphatic rings. The highest BCUT2D eigenvalue weighted by Crippen LogP contribution is 2.09. The van der Waals surface area contributed by atoms with E-state index in [2.05, 4.69) is 4.98 Å². The largest absolute Gasteiger partial charge is 0.497 e. The number of hydrogen-bond acceptors (Lipinski definition) is 2. The van der Waals surface area contributed by atoms with Crippen LogP contribution in [-0.2, 0) is 6.44 Å². The van der Waals surface area contributed by atoms with Crippen LogP contribution < -0.4 is 5.69 Å². The molecule has 0 N–H and O–H groups in total. The summed E-state index contributed by atoms with van der Waals surface area (Å²) >= 11 is 0. The summed E-state index contributed by atoms with van der Waals surface area (Å²) in [6, 6.07) is 0. The van der Waals surface area contributed by atoms with Gasteiger partial charge in [-0.25, -0.2) is 9.78 Å². The maximum atomic E-state index is 11.9. The van der Waals surface area contributed by atoms with Crippen molar-refractivity contribution >= 4 is 6.98 Å². The third-order valence-corrected chi connectivity index (χ3v) is 1.39. The zero-order chi connectivity index (χ0) is 10.1. The van der Waals surface area contributed by atoms with E-state index in [1.165, 1.54) is 6.20 Å². The second-order valence-corrected chi connectivity index (χ2v) is 2.78. The molecule has 0 aliphatic heterocycles. The van der Waals surface area contributed by atoms with Crippen molar-refractivity contribution in [3.8, 4) is 0 Å². The van der Waals surface area contributed by atoms with Crippen molar-refractivity contribution in [2.75, 3.05) is 0 Å². The molecule has 1 rings (SSSR count). The number of nitrogens with zero attached hydrogens (tertiary/aromatic N) is 2. The number of rotatable bonds is 2. The van der Waals surface area contributed by atoms with Gasteiger partial charge in [-0.3, -0.25) is 0 Å². The van der Waals surface area contributed by atoms with Gasteiger partial charge in [0.2, 0.25) is 0 Å². The van der Waals surface area contributed by atoms with Gasteiger partial charge in [-0.1, -0.05) is 0 Å². The van der Waals surface area contributed by atoms with Crippen molar-refractivity contribution in [2.45, 2.75) is 13.4 Å². The summed E-state index contributed by atoms with van der Waals surface area (Å²) in [4.78, 5) is 14.1. The highest BCUT2D eigenvalue weighted by Gasteiger charge is 2.24. The second-order valence-electron chi connectivity index (χ2n) is 2.78. The minimum atomic E-state index is -4.99. The maximum absolute atomic E-state index is 11.9. The molecule has 0 radical (unpaired) electrons. The van der Waals surface area contributed by atoms with Gasteiger partial charge in [0.15, 0.2) is 0 Å². The van der Waals surface area contributed by atoms with Crippen LogP contribution in [0, 0.1) is 6.92 Å². The lowest BCUT2D eigenvalue weighted by Crippen LogP contribution is -2.32. The molecule has 7 heteroatoms. The van der Waals surface area contributed by atoms with Crippen molar-refractivity contribution in [2.24, 2.45) is 0 Å². The van der Waals surface area contributed by atoms with Gasteiger partial charge in [0, 0.05) is 12.4 Å². The SMILES string of the molecule is Cc1cnc(=O)n(C[B-](F)(F)F)c1. The average molecular weight is 191 g/mol. The van der Waals surface area contributed by atoms with Crippen molar-refractivity contribution < 1.29 is 12.9 Å². The van der Waals surface area contributed by atoms with Crippen LogP contribution in [0.4, 0.5) is 12.9 Å². The summed E-state index contributed by atoms with van der Waals surface area (Å²) in [6.45, 7) is -3.42. The molecular weight excluding hydrogens is 184 g/mol. The van der Waals surface area contributed by atoms with Crippen LogP contribution in [-0.4, -0.2) is 16.5 Å². The quantitative estimate of drug-likeness (QED) is 0.651. The van der Waals surface area contributed by atoms with E-state index < -0.39 is 19.1 Å². The second kappa shape index (κ2) is 3.23. The van der Waals surface area contributed by atoms with Crippen LogP contribution in [0.5, 0.6) is 0 Å². The van der Waals surface area contributed by atoms with Gasteiger partial charge in [-0.05, 0) is 18.9 Å². The Labute approximate surface area is 72.3 Å². The normalized spacial score (nSPS) is 11.7. The van der Waals surface area contributed by atoms with Crippen LogP contribution in [0.25, 0.3) is 0 Å². The topological polar surface area (TPSA) is 34.9 Å². The molecule has 0 atom stereocenters. The molecule has 0 spiro atoms. The molecule has 1 heterocycles. The van der Waals surface area contributed by atoms with Gasteiger partial charge < -0.3 is 17.5 Å². The van der Waals surface area contributed by atoms with E-state index in [4.69, 9.17) is 0 Å². The summed E-state index contributed by atoms with van der Waals surface area (Å²) in [5.41, 5.74) is -0.343. The van der Waals surface area contributed by atoms with Gasteiger partial charge in [0.05, 0.1) is 0 Å². The Morgan fingerprint density at radius 3 is 2.69 bits per heavy atom. The maximum Gasteiger partial charge on any atom is 0.497 e. The van der Waals surface area contributed by atoms with Crippen LogP contribution in [0.3, 0.4) is 0 Å². The Morgan fingerprint density at radius 2 is 2.15 bits per heavy atom. The van der Waals surface area contributed by atoms with E-state index in [0.29, 0.717) is 10.1 Å². The van der Waals surface area contributed by atoms with Crippen molar-refractivity contribution in [1.82, 2.24) is 9.55 Å². The molecule has 0 aromatic carbocycles. The lowest BCUT2D eigenvalue weighted by atomic mass is 9.92. The smallest absolute Gasteiger partial charge is 0.448 e. The molecule has 72 valence electrons. The summed E-state index contributed by atoms with van der Waals surface area (Å²) in [5, 5.41) is 0. The summed E-state index contributed by atoms with van der Waals surface area (Å²) < 4.78 is 36.3. The molecule has 0 bridgehead atoms. The standard InChI is InChI=1S/C6H7BF3N2O/c1-5-2-11-6(13)12(3-5)4-7(8,9)10/h2-3H,4H2,1H3/q-1. The first-order valence-corrected chi connectivity index (χ1v) is 3.62. The highest BCUT2D eigenvalue weighted by molar-refractivity contribution is 6.57. The highest BCUT2D eigenvalue weighted by atomic mass is 19.4. The fourth-order valence-corrected chi connectivity index (χ4v) is 0.919. The fourth-order valence-electron chi connectivity index (χ4n) is 0.919. The third kappa shape index (κ3) is 2.92. The molecule has 1 aromatic rings. The number of hydrogen-bond donors (Lipinski definition) is 0. The molecular formula is C6H7BF3N2O-. The number of halogens is 3. The summed E-state index contributed by atoms with van der Waals surface area (Å²) in [7, 11) is 0. The van der Waals surface area contributed by atoms with E-state index in [1.807, 2.05) is 0 Å². The molecule has 3 nitrogen and oxygen atoms in total. The van der Waals surface area contributed by atoms with Gasteiger partial charge in [-0.2, -0.15) is 0 Å².